The first kappa shape index (κ1) is 32.0. The summed E-state index contributed by atoms with van der Waals surface area (Å²) in [6.07, 6.45) is 0. The summed E-state index contributed by atoms with van der Waals surface area (Å²) in [7, 11) is 0.185. The van der Waals surface area contributed by atoms with Gasteiger partial charge < -0.3 is 13.6 Å². The lowest BCUT2D eigenvalue weighted by Gasteiger charge is -2.30. The van der Waals surface area contributed by atoms with E-state index in [4.69, 9.17) is 13.6 Å². The largest absolute Gasteiger partial charge is 0.333 e. The summed E-state index contributed by atoms with van der Waals surface area (Å²) in [5.74, 6) is 0. The Bertz CT molecular complexity index is 988. The molecule has 2 rings (SSSR count). The normalized spacial score (nSPS) is 13.5. The molecule has 0 bridgehead atoms. The summed E-state index contributed by atoms with van der Waals surface area (Å²) in [6.45, 7) is 32.5. The van der Waals surface area contributed by atoms with Gasteiger partial charge in [-0.2, -0.15) is 0 Å². The molecule has 0 radical (unpaired) electrons. The Balaban J connectivity index is 2.31. The van der Waals surface area contributed by atoms with Gasteiger partial charge in [0.15, 0.2) is 0 Å². The van der Waals surface area contributed by atoms with Crippen molar-refractivity contribution in [3.05, 3.63) is 68.8 Å². The van der Waals surface area contributed by atoms with Gasteiger partial charge in [-0.1, -0.05) is 107 Å². The van der Waals surface area contributed by atoms with Crippen LogP contribution >= 0.6 is 8.60 Å². The molecule has 3 nitrogen and oxygen atoms in total. The maximum absolute atomic E-state index is 6.30. The molecule has 0 aliphatic carbocycles. The molecule has 37 heavy (non-hydrogen) atoms. The summed E-state index contributed by atoms with van der Waals surface area (Å²) >= 11 is 0. The molecule has 0 aliphatic rings. The minimum atomic E-state index is -1.49. The molecule has 208 valence electrons. The monoisotopic (exact) mass is 528 g/mol. The van der Waals surface area contributed by atoms with Gasteiger partial charge in [0, 0.05) is 7.11 Å². The van der Waals surface area contributed by atoms with Crippen molar-refractivity contribution in [2.75, 3.05) is 7.11 Å². The summed E-state index contributed by atoms with van der Waals surface area (Å²) in [5.41, 5.74) is 10.5. The zero-order chi connectivity index (χ0) is 28.6. The number of hydrogen-bond donors (Lipinski definition) is 0. The van der Waals surface area contributed by atoms with Crippen molar-refractivity contribution in [3.8, 4) is 0 Å². The lowest BCUT2D eigenvalue weighted by atomic mass is 9.77. The topological polar surface area (TPSA) is 27.7 Å². The second kappa shape index (κ2) is 11.5. The minimum absolute atomic E-state index is 0.00885. The smallest absolute Gasteiger partial charge is 0.316 e. The van der Waals surface area contributed by atoms with Crippen LogP contribution in [0.4, 0.5) is 0 Å². The first-order chi connectivity index (χ1) is 16.7. The van der Waals surface area contributed by atoms with E-state index < -0.39 is 8.60 Å². The van der Waals surface area contributed by atoms with Gasteiger partial charge in [0.05, 0.1) is 13.2 Å². The molecule has 4 heteroatoms. The van der Waals surface area contributed by atoms with Crippen molar-refractivity contribution >= 4 is 8.60 Å². The van der Waals surface area contributed by atoms with Crippen LogP contribution in [0.5, 0.6) is 0 Å². The van der Waals surface area contributed by atoms with E-state index in [1.54, 1.807) is 7.11 Å². The van der Waals surface area contributed by atoms with E-state index in [1.165, 1.54) is 44.5 Å². The minimum Gasteiger partial charge on any atom is -0.316 e. The molecule has 0 saturated carbocycles. The van der Waals surface area contributed by atoms with E-state index in [0.717, 1.165) is 0 Å². The highest BCUT2D eigenvalue weighted by atomic mass is 31.2. The van der Waals surface area contributed by atoms with Gasteiger partial charge in [0.25, 0.3) is 0 Å². The molecule has 0 heterocycles. The van der Waals surface area contributed by atoms with Crippen LogP contribution < -0.4 is 0 Å². The highest BCUT2D eigenvalue weighted by Gasteiger charge is 2.27. The van der Waals surface area contributed by atoms with Crippen LogP contribution in [-0.2, 0) is 48.4 Å². The fraction of sp³-hybridized carbons (Fsp3) is 0.636. The predicted molar refractivity (Wildman–Crippen MR) is 161 cm³/mol. The van der Waals surface area contributed by atoms with Crippen LogP contribution in [0.1, 0.15) is 128 Å². The van der Waals surface area contributed by atoms with Gasteiger partial charge in [-0.05, 0) is 80.0 Å². The molecule has 0 fully saturated rings. The van der Waals surface area contributed by atoms with E-state index >= 15 is 0 Å². The summed E-state index contributed by atoms with van der Waals surface area (Å²) in [5, 5.41) is 0. The van der Waals surface area contributed by atoms with Gasteiger partial charge in [0.1, 0.15) is 0 Å². The number of hydrogen-bond acceptors (Lipinski definition) is 3. The fourth-order valence-corrected chi connectivity index (χ4v) is 5.35. The molecular weight excluding hydrogens is 475 g/mol. The Morgan fingerprint density at radius 1 is 0.541 bits per heavy atom. The van der Waals surface area contributed by atoms with Crippen molar-refractivity contribution in [1.82, 2.24) is 0 Å². The molecule has 0 atom stereocenters. The zero-order valence-corrected chi connectivity index (χ0v) is 27.3. The first-order valence-corrected chi connectivity index (χ1v) is 14.6. The van der Waals surface area contributed by atoms with Crippen LogP contribution in [0.25, 0.3) is 0 Å². The molecule has 0 aliphatic heterocycles. The standard InChI is InChI=1S/C33H53O3P/c1-22-16-24(30(3,4)5)18-28(32(9,10)11)26(22)20-35-37(34-15)36-21-27-23(2)17-25(31(6,7)8)19-29(27)33(12,13)14/h16-19H,20-21H2,1-15H3. The van der Waals surface area contributed by atoms with Gasteiger partial charge in [-0.25, -0.2) is 0 Å². The number of benzene rings is 2. The number of aryl methyl sites for hydroxylation is 2. The lowest BCUT2D eigenvalue weighted by Crippen LogP contribution is -2.20. The highest BCUT2D eigenvalue weighted by Crippen LogP contribution is 2.44. The van der Waals surface area contributed by atoms with E-state index in [0.29, 0.717) is 13.2 Å². The maximum atomic E-state index is 6.30. The van der Waals surface area contributed by atoms with Gasteiger partial charge in [-0.3, -0.25) is 0 Å². The predicted octanol–water partition coefficient (Wildman–Crippen LogP) is 10.1. The van der Waals surface area contributed by atoms with Gasteiger partial charge in [0.2, 0.25) is 0 Å². The van der Waals surface area contributed by atoms with Crippen LogP contribution in [0.15, 0.2) is 24.3 Å². The van der Waals surface area contributed by atoms with Gasteiger partial charge in [-0.15, -0.1) is 0 Å². The average Bonchev–Trinajstić information content (AvgIpc) is 2.71. The average molecular weight is 529 g/mol. The quantitative estimate of drug-likeness (QED) is 0.335. The first-order valence-electron chi connectivity index (χ1n) is 13.5. The molecule has 0 spiro atoms. The summed E-state index contributed by atoms with van der Waals surface area (Å²) in [6, 6.07) is 9.33. The van der Waals surface area contributed by atoms with E-state index in [9.17, 15) is 0 Å². The Morgan fingerprint density at radius 2 is 0.865 bits per heavy atom. The molecule has 0 amide bonds. The molecule has 0 saturated heterocycles. The third-order valence-corrected chi connectivity index (χ3v) is 8.05. The van der Waals surface area contributed by atoms with Crippen molar-refractivity contribution in [2.45, 2.75) is 132 Å². The van der Waals surface area contributed by atoms with E-state index in [-0.39, 0.29) is 21.7 Å². The molecule has 0 unspecified atom stereocenters. The maximum Gasteiger partial charge on any atom is 0.333 e. The van der Waals surface area contributed by atoms with Gasteiger partial charge >= 0.3 is 8.60 Å². The highest BCUT2D eigenvalue weighted by molar-refractivity contribution is 7.41. The Morgan fingerprint density at radius 3 is 1.11 bits per heavy atom. The third-order valence-electron chi connectivity index (χ3n) is 7.07. The summed E-state index contributed by atoms with van der Waals surface area (Å²) < 4.78 is 18.3. The lowest BCUT2D eigenvalue weighted by molar-refractivity contribution is 0.167. The summed E-state index contributed by atoms with van der Waals surface area (Å²) in [4.78, 5) is 0. The molecule has 2 aromatic carbocycles. The van der Waals surface area contributed by atoms with Crippen molar-refractivity contribution in [3.63, 3.8) is 0 Å². The van der Waals surface area contributed by atoms with Crippen molar-refractivity contribution < 1.29 is 13.6 Å². The Labute approximate surface area is 229 Å². The number of rotatable bonds is 7. The molecule has 0 aromatic heterocycles. The molecule has 2 aromatic rings. The van der Waals surface area contributed by atoms with Crippen LogP contribution in [0, 0.1) is 13.8 Å². The van der Waals surface area contributed by atoms with Crippen LogP contribution in [0.3, 0.4) is 0 Å². The van der Waals surface area contributed by atoms with E-state index in [2.05, 4.69) is 121 Å². The SMILES string of the molecule is COP(OCc1c(C)cc(C(C)(C)C)cc1C(C)(C)C)OCc1c(C)cc(C(C)(C)C)cc1C(C)(C)C. The van der Waals surface area contributed by atoms with Crippen molar-refractivity contribution in [1.29, 1.82) is 0 Å². The second-order valence-corrected chi connectivity index (χ2v) is 15.9. The Kier molecular flexibility index (Phi) is 9.91. The zero-order valence-electron chi connectivity index (χ0n) is 26.4. The Hall–Kier alpha value is -1.25. The molecular formula is C33H53O3P. The molecule has 0 N–H and O–H groups in total. The third kappa shape index (κ3) is 8.37. The fourth-order valence-electron chi connectivity index (χ4n) is 4.60. The van der Waals surface area contributed by atoms with E-state index in [1.807, 2.05) is 0 Å². The van der Waals surface area contributed by atoms with Crippen LogP contribution in [0.2, 0.25) is 0 Å². The van der Waals surface area contributed by atoms with Crippen LogP contribution in [-0.4, -0.2) is 7.11 Å². The second-order valence-electron chi connectivity index (χ2n) is 14.6. The van der Waals surface area contributed by atoms with Crippen molar-refractivity contribution in [2.24, 2.45) is 0 Å².